The summed E-state index contributed by atoms with van der Waals surface area (Å²) in [6.45, 7) is 0. The molecule has 6 heteroatoms. The van der Waals surface area contributed by atoms with Crippen molar-refractivity contribution in [2.45, 2.75) is 0 Å². The maximum atomic E-state index is 11.3. The van der Waals surface area contributed by atoms with E-state index in [-0.39, 0.29) is 11.6 Å². The highest BCUT2D eigenvalue weighted by Gasteiger charge is 2.08. The molecule has 2 aromatic rings. The normalized spacial score (nSPS) is 9.85. The van der Waals surface area contributed by atoms with E-state index in [1.165, 1.54) is 17.5 Å². The summed E-state index contributed by atoms with van der Waals surface area (Å²) in [5, 5.41) is 16.0. The Kier molecular flexibility index (Phi) is 2.05. The fourth-order valence-electron chi connectivity index (χ4n) is 0.842. The van der Waals surface area contributed by atoms with Crippen molar-refractivity contribution in [2.75, 3.05) is 5.32 Å². The van der Waals surface area contributed by atoms with E-state index in [0.717, 1.165) is 5.69 Å². The van der Waals surface area contributed by atoms with Crippen molar-refractivity contribution in [3.63, 3.8) is 0 Å². The zero-order valence-corrected chi connectivity index (χ0v) is 7.34. The molecule has 1 amide bonds. The molecule has 0 aliphatic rings. The van der Waals surface area contributed by atoms with Crippen LogP contribution in [0.1, 0.15) is 10.5 Å². The van der Waals surface area contributed by atoms with Crippen molar-refractivity contribution < 1.29 is 4.79 Å². The lowest BCUT2D eigenvalue weighted by molar-refractivity contribution is 0.102. The van der Waals surface area contributed by atoms with Gasteiger partial charge in [0.05, 0.1) is 11.9 Å². The molecule has 0 fully saturated rings. The lowest BCUT2D eigenvalue weighted by atomic mass is 10.4. The molecule has 13 heavy (non-hydrogen) atoms. The highest BCUT2D eigenvalue weighted by atomic mass is 32.1. The van der Waals surface area contributed by atoms with Gasteiger partial charge >= 0.3 is 0 Å². The van der Waals surface area contributed by atoms with Crippen LogP contribution in [-0.2, 0) is 0 Å². The number of aromatic nitrogens is 3. The number of amides is 1. The molecule has 0 atom stereocenters. The first kappa shape index (κ1) is 7.93. The van der Waals surface area contributed by atoms with Gasteiger partial charge in [-0.3, -0.25) is 4.79 Å². The maximum Gasteiger partial charge on any atom is 0.277 e. The number of nitrogens with one attached hydrogen (secondary N) is 2. The zero-order chi connectivity index (χ0) is 9.10. The van der Waals surface area contributed by atoms with Gasteiger partial charge in [-0.25, -0.2) is 0 Å². The Balaban J connectivity index is 2.08. The highest BCUT2D eigenvalue weighted by molar-refractivity contribution is 7.08. The van der Waals surface area contributed by atoms with Crippen molar-refractivity contribution in [3.05, 3.63) is 28.7 Å². The monoisotopic (exact) mass is 194 g/mol. The summed E-state index contributed by atoms with van der Waals surface area (Å²) in [6, 6.07) is 1.82. The summed E-state index contributed by atoms with van der Waals surface area (Å²) >= 11 is 1.52. The maximum absolute atomic E-state index is 11.3. The number of carbonyl (C=O) groups excluding carboxylic acids is 1. The van der Waals surface area contributed by atoms with Gasteiger partial charge in [-0.1, -0.05) is 0 Å². The van der Waals surface area contributed by atoms with Gasteiger partial charge in [0.25, 0.3) is 5.91 Å². The number of carbonyl (C=O) groups is 1. The predicted octanol–water partition coefficient (Wildman–Crippen LogP) is 1.12. The van der Waals surface area contributed by atoms with Gasteiger partial charge in [-0.15, -0.1) is 0 Å². The van der Waals surface area contributed by atoms with Crippen LogP contribution in [0.4, 0.5) is 5.69 Å². The van der Waals surface area contributed by atoms with Crippen LogP contribution < -0.4 is 5.32 Å². The van der Waals surface area contributed by atoms with Gasteiger partial charge in [0.2, 0.25) is 0 Å². The summed E-state index contributed by atoms with van der Waals surface area (Å²) in [5.74, 6) is -0.257. The molecule has 0 aliphatic carbocycles. The van der Waals surface area contributed by atoms with Gasteiger partial charge in [0.1, 0.15) is 0 Å². The van der Waals surface area contributed by atoms with Crippen LogP contribution in [-0.4, -0.2) is 21.3 Å². The van der Waals surface area contributed by atoms with Crippen LogP contribution in [0.3, 0.4) is 0 Å². The number of hydrogen-bond acceptors (Lipinski definition) is 4. The second kappa shape index (κ2) is 3.36. The molecule has 0 aliphatic heterocycles. The molecule has 0 spiro atoms. The lowest BCUT2D eigenvalue weighted by Gasteiger charge is -1.96. The Morgan fingerprint density at radius 2 is 2.54 bits per heavy atom. The number of anilines is 1. The van der Waals surface area contributed by atoms with E-state index in [2.05, 4.69) is 20.7 Å². The van der Waals surface area contributed by atoms with Gasteiger partial charge in [-0.05, 0) is 11.4 Å². The van der Waals surface area contributed by atoms with Crippen molar-refractivity contribution in [3.8, 4) is 0 Å². The van der Waals surface area contributed by atoms with Crippen LogP contribution in [0.15, 0.2) is 23.0 Å². The minimum Gasteiger partial charge on any atom is -0.320 e. The molecular formula is C7H6N4OS. The summed E-state index contributed by atoms with van der Waals surface area (Å²) in [6.07, 6.45) is 1.38. The van der Waals surface area contributed by atoms with Crippen molar-refractivity contribution in [1.29, 1.82) is 0 Å². The number of aromatic amines is 1. The molecule has 0 unspecified atom stereocenters. The molecule has 0 saturated heterocycles. The fraction of sp³-hybridized carbons (Fsp3) is 0. The number of thiophene rings is 1. The third-order valence-corrected chi connectivity index (χ3v) is 2.11. The van der Waals surface area contributed by atoms with E-state index in [0.29, 0.717) is 0 Å². The molecule has 5 nitrogen and oxygen atoms in total. The minimum atomic E-state index is -0.257. The number of H-pyrrole nitrogens is 1. The molecule has 2 aromatic heterocycles. The zero-order valence-electron chi connectivity index (χ0n) is 6.52. The summed E-state index contributed by atoms with van der Waals surface area (Å²) in [4.78, 5) is 11.3. The van der Waals surface area contributed by atoms with E-state index >= 15 is 0 Å². The second-order valence-electron chi connectivity index (χ2n) is 2.32. The van der Waals surface area contributed by atoms with Crippen LogP contribution in [0, 0.1) is 0 Å². The standard InChI is InChI=1S/C7H6N4OS/c12-7(6-3-8-11-10-6)9-5-1-2-13-4-5/h1-4H,(H,9,12)(H,8,10,11). The van der Waals surface area contributed by atoms with Gasteiger partial charge in [0, 0.05) is 5.38 Å². The minimum absolute atomic E-state index is 0.257. The molecule has 0 bridgehead atoms. The quantitative estimate of drug-likeness (QED) is 0.752. The Hall–Kier alpha value is -1.69. The molecule has 2 rings (SSSR count). The highest BCUT2D eigenvalue weighted by Crippen LogP contribution is 2.12. The van der Waals surface area contributed by atoms with Crippen LogP contribution in [0.2, 0.25) is 0 Å². The molecule has 0 radical (unpaired) electrons. The second-order valence-corrected chi connectivity index (χ2v) is 3.10. The number of hydrogen-bond donors (Lipinski definition) is 2. The fourth-order valence-corrected chi connectivity index (χ4v) is 1.43. The number of rotatable bonds is 2. The van der Waals surface area contributed by atoms with Crippen LogP contribution in [0.25, 0.3) is 0 Å². The first-order valence-electron chi connectivity index (χ1n) is 3.55. The van der Waals surface area contributed by atoms with Crippen LogP contribution in [0.5, 0.6) is 0 Å². The molecule has 2 heterocycles. The Morgan fingerprint density at radius 3 is 3.15 bits per heavy atom. The third-order valence-electron chi connectivity index (χ3n) is 1.43. The largest absolute Gasteiger partial charge is 0.320 e. The van der Waals surface area contributed by atoms with Crippen molar-refractivity contribution >= 4 is 22.9 Å². The average Bonchev–Trinajstić information content (AvgIpc) is 2.74. The van der Waals surface area contributed by atoms with E-state index < -0.39 is 0 Å². The van der Waals surface area contributed by atoms with E-state index in [1.807, 2.05) is 16.8 Å². The van der Waals surface area contributed by atoms with E-state index in [4.69, 9.17) is 0 Å². The molecule has 2 N–H and O–H groups in total. The average molecular weight is 194 g/mol. The third kappa shape index (κ3) is 1.73. The van der Waals surface area contributed by atoms with Crippen molar-refractivity contribution in [2.24, 2.45) is 0 Å². The van der Waals surface area contributed by atoms with Crippen molar-refractivity contribution in [1.82, 2.24) is 15.4 Å². The van der Waals surface area contributed by atoms with Gasteiger partial charge < -0.3 is 5.32 Å². The molecule has 0 saturated carbocycles. The summed E-state index contributed by atoms with van der Waals surface area (Å²) < 4.78 is 0. The van der Waals surface area contributed by atoms with Gasteiger partial charge in [0.15, 0.2) is 5.69 Å². The van der Waals surface area contributed by atoms with Gasteiger partial charge in [-0.2, -0.15) is 26.7 Å². The smallest absolute Gasteiger partial charge is 0.277 e. The summed E-state index contributed by atoms with van der Waals surface area (Å²) in [7, 11) is 0. The SMILES string of the molecule is O=C(Nc1ccsc1)c1cn[nH]n1. The first-order valence-corrected chi connectivity index (χ1v) is 4.50. The predicted molar refractivity (Wildman–Crippen MR) is 48.7 cm³/mol. The Morgan fingerprint density at radius 1 is 1.62 bits per heavy atom. The lowest BCUT2D eigenvalue weighted by Crippen LogP contribution is -2.11. The number of nitrogens with zero attached hydrogens (tertiary/aromatic N) is 2. The van der Waals surface area contributed by atoms with E-state index in [9.17, 15) is 4.79 Å². The molecular weight excluding hydrogens is 188 g/mol. The first-order chi connectivity index (χ1) is 6.36. The topological polar surface area (TPSA) is 70.7 Å². The van der Waals surface area contributed by atoms with E-state index in [1.54, 1.807) is 0 Å². The Bertz CT molecular complexity index is 381. The molecule has 0 aromatic carbocycles. The Labute approximate surface area is 77.8 Å². The molecule has 66 valence electrons. The van der Waals surface area contributed by atoms with Crippen LogP contribution >= 0.6 is 11.3 Å². The summed E-state index contributed by atoms with van der Waals surface area (Å²) in [5.41, 5.74) is 1.06.